The monoisotopic (exact) mass is 359 g/mol. The quantitative estimate of drug-likeness (QED) is 0.386. The number of carbonyl (C=O) groups is 2. The predicted octanol–water partition coefficient (Wildman–Crippen LogP) is 3.45. The van der Waals surface area contributed by atoms with Gasteiger partial charge in [0.2, 0.25) is 5.56 Å². The molecule has 6 heteroatoms. The van der Waals surface area contributed by atoms with Crippen LogP contribution in [0.4, 0.5) is 5.69 Å². The number of H-pyrrole nitrogens is 2. The number of Topliss-reactive ketones (excluding diaryl/α,β-unsaturated/α-hetero) is 1. The first-order chi connectivity index (χ1) is 12.9. The molecular weight excluding hydrogens is 342 g/mol. The molecule has 1 amide bonds. The third-order valence-electron chi connectivity index (χ3n) is 4.63. The molecule has 0 spiro atoms. The minimum absolute atomic E-state index is 0.214. The van der Waals surface area contributed by atoms with E-state index in [1.54, 1.807) is 25.1 Å². The van der Waals surface area contributed by atoms with Crippen molar-refractivity contribution in [3.05, 3.63) is 75.7 Å². The number of aromatic amines is 2. The van der Waals surface area contributed by atoms with Crippen molar-refractivity contribution in [2.24, 2.45) is 0 Å². The molecule has 0 unspecified atom stereocenters. The second-order valence-electron chi connectivity index (χ2n) is 6.53. The Hall–Kier alpha value is -3.67. The number of hydrogen-bond donors (Lipinski definition) is 3. The van der Waals surface area contributed by atoms with Gasteiger partial charge in [-0.3, -0.25) is 14.4 Å². The molecule has 0 saturated carbocycles. The van der Waals surface area contributed by atoms with E-state index in [1.165, 1.54) is 6.07 Å². The largest absolute Gasteiger partial charge is 0.358 e. The Balaban J connectivity index is 1.67. The van der Waals surface area contributed by atoms with Gasteiger partial charge in [0, 0.05) is 33.7 Å². The summed E-state index contributed by atoms with van der Waals surface area (Å²) in [5, 5.41) is 4.23. The smallest absolute Gasteiger partial charge is 0.296 e. The average molecular weight is 359 g/mol. The van der Waals surface area contributed by atoms with E-state index in [9.17, 15) is 14.4 Å². The fraction of sp³-hybridized carbons (Fsp3) is 0.0952. The Morgan fingerprint density at radius 3 is 2.48 bits per heavy atom. The highest BCUT2D eigenvalue weighted by Crippen LogP contribution is 2.23. The summed E-state index contributed by atoms with van der Waals surface area (Å²) >= 11 is 0. The van der Waals surface area contributed by atoms with Crippen LogP contribution in [0.5, 0.6) is 0 Å². The molecule has 3 N–H and O–H groups in total. The number of anilines is 1. The number of fused-ring (bicyclic) bond motifs is 2. The zero-order chi connectivity index (χ0) is 19.1. The van der Waals surface area contributed by atoms with E-state index in [2.05, 4.69) is 15.3 Å². The zero-order valence-corrected chi connectivity index (χ0v) is 14.8. The van der Waals surface area contributed by atoms with Gasteiger partial charge in [-0.1, -0.05) is 24.3 Å². The summed E-state index contributed by atoms with van der Waals surface area (Å²) in [7, 11) is 0. The molecule has 2 aromatic carbocycles. The second kappa shape index (κ2) is 6.25. The van der Waals surface area contributed by atoms with E-state index < -0.39 is 11.7 Å². The van der Waals surface area contributed by atoms with Gasteiger partial charge in [0.1, 0.15) is 0 Å². The van der Waals surface area contributed by atoms with Crippen molar-refractivity contribution in [3.8, 4) is 0 Å². The molecule has 4 rings (SSSR count). The van der Waals surface area contributed by atoms with Gasteiger partial charge < -0.3 is 15.3 Å². The lowest BCUT2D eigenvalue weighted by molar-refractivity contribution is -0.112. The average Bonchev–Trinajstić information content (AvgIpc) is 2.96. The molecule has 2 aromatic heterocycles. The van der Waals surface area contributed by atoms with Crippen molar-refractivity contribution in [1.82, 2.24) is 9.97 Å². The van der Waals surface area contributed by atoms with Gasteiger partial charge >= 0.3 is 0 Å². The molecule has 0 radical (unpaired) electrons. The highest BCUT2D eigenvalue weighted by molar-refractivity contribution is 6.48. The fourth-order valence-corrected chi connectivity index (χ4v) is 3.38. The summed E-state index contributed by atoms with van der Waals surface area (Å²) < 4.78 is 0. The number of carbonyl (C=O) groups excluding carboxylic acids is 2. The van der Waals surface area contributed by atoms with E-state index in [4.69, 9.17) is 0 Å². The number of aryl methyl sites for hydroxylation is 2. The van der Waals surface area contributed by atoms with Gasteiger partial charge in [-0.2, -0.15) is 0 Å². The van der Waals surface area contributed by atoms with Crippen molar-refractivity contribution in [3.63, 3.8) is 0 Å². The van der Waals surface area contributed by atoms with Crippen molar-refractivity contribution >= 4 is 39.2 Å². The number of benzene rings is 2. The predicted molar refractivity (Wildman–Crippen MR) is 105 cm³/mol. The van der Waals surface area contributed by atoms with Crippen molar-refractivity contribution < 1.29 is 9.59 Å². The van der Waals surface area contributed by atoms with Crippen LogP contribution in [-0.4, -0.2) is 21.7 Å². The van der Waals surface area contributed by atoms with Gasteiger partial charge in [0.25, 0.3) is 11.7 Å². The minimum Gasteiger partial charge on any atom is -0.358 e. The van der Waals surface area contributed by atoms with Crippen molar-refractivity contribution in [2.75, 3.05) is 5.32 Å². The number of para-hydroxylation sites is 1. The maximum Gasteiger partial charge on any atom is 0.296 e. The van der Waals surface area contributed by atoms with E-state index in [0.29, 0.717) is 27.8 Å². The van der Waals surface area contributed by atoms with E-state index >= 15 is 0 Å². The molecule has 0 aliphatic rings. The fourth-order valence-electron chi connectivity index (χ4n) is 3.38. The Morgan fingerprint density at radius 2 is 1.67 bits per heavy atom. The topological polar surface area (TPSA) is 94.8 Å². The third-order valence-corrected chi connectivity index (χ3v) is 4.63. The zero-order valence-electron chi connectivity index (χ0n) is 14.8. The minimum atomic E-state index is -0.725. The van der Waals surface area contributed by atoms with Crippen LogP contribution in [0.2, 0.25) is 0 Å². The number of rotatable bonds is 3. The summed E-state index contributed by atoms with van der Waals surface area (Å²) in [6.45, 7) is 3.61. The molecule has 0 aliphatic carbocycles. The number of aromatic nitrogens is 2. The standard InChI is InChI=1S/C21H17N3O3/c1-11-9-18(25)24-17-10-13(7-8-14(11)17)23-21(27)20(26)19-12(2)22-16-6-4-3-5-15(16)19/h3-10,22H,1-2H3,(H,23,27)(H,24,25). The molecule has 27 heavy (non-hydrogen) atoms. The van der Waals surface area contributed by atoms with Crippen LogP contribution >= 0.6 is 0 Å². The number of ketones is 1. The van der Waals surface area contributed by atoms with E-state index in [-0.39, 0.29) is 5.56 Å². The molecular formula is C21H17N3O3. The Bertz CT molecular complexity index is 1280. The van der Waals surface area contributed by atoms with Crippen LogP contribution in [0.3, 0.4) is 0 Å². The maximum absolute atomic E-state index is 12.7. The highest BCUT2D eigenvalue weighted by Gasteiger charge is 2.22. The van der Waals surface area contributed by atoms with E-state index in [0.717, 1.165) is 16.5 Å². The first kappa shape index (κ1) is 16.8. The van der Waals surface area contributed by atoms with Crippen LogP contribution in [0.15, 0.2) is 53.3 Å². The lowest BCUT2D eigenvalue weighted by atomic mass is 10.1. The molecule has 2 heterocycles. The summed E-state index contributed by atoms with van der Waals surface area (Å²) in [6, 6.07) is 14.0. The molecule has 0 aliphatic heterocycles. The molecule has 134 valence electrons. The number of nitrogens with one attached hydrogen (secondary N) is 3. The lowest BCUT2D eigenvalue weighted by Gasteiger charge is -2.07. The summed E-state index contributed by atoms with van der Waals surface area (Å²) in [5.74, 6) is -1.33. The van der Waals surface area contributed by atoms with Gasteiger partial charge in [-0.25, -0.2) is 0 Å². The van der Waals surface area contributed by atoms with Crippen LogP contribution in [0.1, 0.15) is 21.6 Å². The Labute approximate surface area is 154 Å². The molecule has 4 aromatic rings. The van der Waals surface area contributed by atoms with Crippen LogP contribution in [-0.2, 0) is 4.79 Å². The number of amides is 1. The first-order valence-electron chi connectivity index (χ1n) is 8.51. The highest BCUT2D eigenvalue weighted by atomic mass is 16.2. The SMILES string of the molecule is Cc1[nH]c2ccccc2c1C(=O)C(=O)Nc1ccc2c(C)cc(=O)[nH]c2c1. The van der Waals surface area contributed by atoms with E-state index in [1.807, 2.05) is 31.2 Å². The molecule has 0 saturated heterocycles. The van der Waals surface area contributed by atoms with Gasteiger partial charge in [0.15, 0.2) is 0 Å². The third kappa shape index (κ3) is 2.91. The molecule has 0 fully saturated rings. The lowest BCUT2D eigenvalue weighted by Crippen LogP contribution is -2.23. The Morgan fingerprint density at radius 1 is 0.889 bits per heavy atom. The van der Waals surface area contributed by atoms with Crippen LogP contribution < -0.4 is 10.9 Å². The molecule has 6 nitrogen and oxygen atoms in total. The van der Waals surface area contributed by atoms with Crippen LogP contribution in [0, 0.1) is 13.8 Å². The van der Waals surface area contributed by atoms with Crippen molar-refractivity contribution in [1.29, 1.82) is 0 Å². The Kier molecular flexibility index (Phi) is 3.88. The normalized spacial score (nSPS) is 11.0. The maximum atomic E-state index is 12.7. The van der Waals surface area contributed by atoms with Crippen LogP contribution in [0.25, 0.3) is 21.8 Å². The van der Waals surface area contributed by atoms with Gasteiger partial charge in [0.05, 0.1) is 11.1 Å². The molecule has 0 bridgehead atoms. The van der Waals surface area contributed by atoms with Gasteiger partial charge in [-0.05, 0) is 37.6 Å². The second-order valence-corrected chi connectivity index (χ2v) is 6.53. The van der Waals surface area contributed by atoms with Crippen molar-refractivity contribution in [2.45, 2.75) is 13.8 Å². The number of hydrogen-bond acceptors (Lipinski definition) is 3. The number of pyridine rings is 1. The summed E-state index contributed by atoms with van der Waals surface area (Å²) in [4.78, 5) is 42.8. The van der Waals surface area contributed by atoms with Gasteiger partial charge in [-0.15, -0.1) is 0 Å². The first-order valence-corrected chi connectivity index (χ1v) is 8.51. The molecule has 0 atom stereocenters. The summed E-state index contributed by atoms with van der Waals surface area (Å²) in [6.07, 6.45) is 0. The summed E-state index contributed by atoms with van der Waals surface area (Å²) in [5.41, 5.74) is 3.51.